The highest BCUT2D eigenvalue weighted by Gasteiger charge is 2.29. The van der Waals surface area contributed by atoms with Gasteiger partial charge in [0.1, 0.15) is 6.17 Å². The summed E-state index contributed by atoms with van der Waals surface area (Å²) in [5.41, 5.74) is 4.44. The van der Waals surface area contributed by atoms with Gasteiger partial charge in [-0.25, -0.2) is 4.39 Å². The molecule has 118 valence electrons. The zero-order valence-electron chi connectivity index (χ0n) is 12.4. The SMILES string of the molecule is C[C@@H](CO)Nc1ccnc(C[C@@H](F)C(C)(C)O)c1C(N)=O. The number of aromatic nitrogens is 1. The fraction of sp³-hybridized carbons (Fsp3) is 0.571. The van der Waals surface area contributed by atoms with E-state index in [1.54, 1.807) is 6.92 Å². The van der Waals surface area contributed by atoms with Gasteiger partial charge in [0, 0.05) is 18.7 Å². The van der Waals surface area contributed by atoms with Gasteiger partial charge in [0.2, 0.25) is 0 Å². The van der Waals surface area contributed by atoms with E-state index in [2.05, 4.69) is 10.3 Å². The number of rotatable bonds is 7. The summed E-state index contributed by atoms with van der Waals surface area (Å²) in [7, 11) is 0. The molecule has 21 heavy (non-hydrogen) atoms. The summed E-state index contributed by atoms with van der Waals surface area (Å²) in [5.74, 6) is -0.742. The number of amides is 1. The minimum absolute atomic E-state index is 0.0738. The second-order valence-corrected chi connectivity index (χ2v) is 5.60. The van der Waals surface area contributed by atoms with Crippen molar-refractivity contribution in [1.82, 2.24) is 4.98 Å². The van der Waals surface area contributed by atoms with Crippen LogP contribution in [0.1, 0.15) is 36.8 Å². The van der Waals surface area contributed by atoms with Gasteiger partial charge in [0.15, 0.2) is 0 Å². The quantitative estimate of drug-likeness (QED) is 0.590. The zero-order valence-corrected chi connectivity index (χ0v) is 12.4. The predicted octanol–water partition coefficient (Wildman–Crippen LogP) is 0.625. The smallest absolute Gasteiger partial charge is 0.252 e. The minimum atomic E-state index is -1.59. The third kappa shape index (κ3) is 4.64. The predicted molar refractivity (Wildman–Crippen MR) is 77.8 cm³/mol. The maximum atomic E-state index is 14.0. The molecule has 1 rings (SSSR count). The molecule has 2 atom stereocenters. The van der Waals surface area contributed by atoms with E-state index in [4.69, 9.17) is 10.8 Å². The summed E-state index contributed by atoms with van der Waals surface area (Å²) in [4.78, 5) is 15.6. The lowest BCUT2D eigenvalue weighted by molar-refractivity contribution is -0.00307. The van der Waals surface area contributed by atoms with Gasteiger partial charge in [-0.05, 0) is 26.8 Å². The molecule has 6 nitrogen and oxygen atoms in total. The minimum Gasteiger partial charge on any atom is -0.394 e. The van der Waals surface area contributed by atoms with Gasteiger partial charge >= 0.3 is 0 Å². The molecule has 0 radical (unpaired) electrons. The van der Waals surface area contributed by atoms with Gasteiger partial charge in [-0.15, -0.1) is 0 Å². The van der Waals surface area contributed by atoms with E-state index in [-0.39, 0.29) is 30.3 Å². The molecule has 0 fully saturated rings. The monoisotopic (exact) mass is 299 g/mol. The van der Waals surface area contributed by atoms with Gasteiger partial charge in [0.05, 0.1) is 29.2 Å². The lowest BCUT2D eigenvalue weighted by atomic mass is 9.96. The summed E-state index contributed by atoms with van der Waals surface area (Å²) in [6.07, 6.45) is -0.399. The van der Waals surface area contributed by atoms with Crippen LogP contribution in [-0.2, 0) is 6.42 Å². The lowest BCUT2D eigenvalue weighted by Crippen LogP contribution is -2.35. The fourth-order valence-corrected chi connectivity index (χ4v) is 1.79. The Labute approximate surface area is 123 Å². The number of aliphatic hydroxyl groups excluding tert-OH is 1. The number of nitrogens with two attached hydrogens (primary N) is 1. The number of carbonyl (C=O) groups is 1. The molecule has 0 aromatic carbocycles. The highest BCUT2D eigenvalue weighted by Crippen LogP contribution is 2.23. The van der Waals surface area contributed by atoms with Crippen LogP contribution in [0.5, 0.6) is 0 Å². The lowest BCUT2D eigenvalue weighted by Gasteiger charge is -2.23. The average Bonchev–Trinajstić information content (AvgIpc) is 2.37. The molecule has 1 aromatic heterocycles. The van der Waals surface area contributed by atoms with Gasteiger partial charge in [-0.3, -0.25) is 9.78 Å². The summed E-state index contributed by atoms with van der Waals surface area (Å²) in [5, 5.41) is 21.6. The van der Waals surface area contributed by atoms with E-state index < -0.39 is 17.7 Å². The van der Waals surface area contributed by atoms with E-state index >= 15 is 0 Å². The Morgan fingerprint density at radius 3 is 2.67 bits per heavy atom. The number of anilines is 1. The molecule has 0 spiro atoms. The van der Waals surface area contributed by atoms with Crippen LogP contribution in [0.15, 0.2) is 12.3 Å². The second-order valence-electron chi connectivity index (χ2n) is 5.60. The number of alkyl halides is 1. The Balaban J connectivity index is 3.15. The van der Waals surface area contributed by atoms with Crippen molar-refractivity contribution in [3.63, 3.8) is 0 Å². The molecule has 0 bridgehead atoms. The van der Waals surface area contributed by atoms with Gasteiger partial charge < -0.3 is 21.3 Å². The molecule has 1 aromatic rings. The summed E-state index contributed by atoms with van der Waals surface area (Å²) >= 11 is 0. The molecule has 1 heterocycles. The first-order valence-electron chi connectivity index (χ1n) is 6.68. The Bertz CT molecular complexity index is 503. The number of hydrogen-bond acceptors (Lipinski definition) is 5. The molecular weight excluding hydrogens is 277 g/mol. The molecule has 0 saturated carbocycles. The molecular formula is C14H22FN3O3. The molecule has 0 aliphatic rings. The largest absolute Gasteiger partial charge is 0.394 e. The maximum Gasteiger partial charge on any atom is 0.252 e. The fourth-order valence-electron chi connectivity index (χ4n) is 1.79. The molecule has 0 saturated heterocycles. The molecule has 0 aliphatic carbocycles. The first kappa shape index (κ1) is 17.3. The van der Waals surface area contributed by atoms with Crippen molar-refractivity contribution < 1.29 is 19.4 Å². The summed E-state index contributed by atoms with van der Waals surface area (Å²) < 4.78 is 14.0. The normalized spacial score (nSPS) is 14.6. The maximum absolute atomic E-state index is 14.0. The summed E-state index contributed by atoms with van der Waals surface area (Å²) in [6, 6.07) is 1.24. The zero-order chi connectivity index (χ0) is 16.2. The molecule has 7 heteroatoms. The summed E-state index contributed by atoms with van der Waals surface area (Å²) in [6.45, 7) is 4.28. The van der Waals surface area contributed by atoms with Gasteiger partial charge in [0.25, 0.3) is 5.91 Å². The Kier molecular flexibility index (Phi) is 5.62. The standard InChI is InChI=1S/C14H22FN3O3/c1-8(7-19)18-9-4-5-17-10(12(9)13(16)20)6-11(15)14(2,3)21/h4-5,8,11,19,21H,6-7H2,1-3H3,(H2,16,20)(H,17,18)/t8-,11+/m0/s1. The van der Waals surface area contributed by atoms with Crippen molar-refractivity contribution in [3.8, 4) is 0 Å². The van der Waals surface area contributed by atoms with Crippen LogP contribution in [0, 0.1) is 0 Å². The molecule has 0 unspecified atom stereocenters. The number of aliphatic hydroxyl groups is 2. The Morgan fingerprint density at radius 1 is 1.57 bits per heavy atom. The highest BCUT2D eigenvalue weighted by atomic mass is 19.1. The number of primary amides is 1. The van der Waals surface area contributed by atoms with E-state index in [9.17, 15) is 14.3 Å². The van der Waals surface area contributed by atoms with Crippen molar-refractivity contribution in [1.29, 1.82) is 0 Å². The van der Waals surface area contributed by atoms with Crippen LogP contribution in [0.3, 0.4) is 0 Å². The van der Waals surface area contributed by atoms with E-state index in [0.717, 1.165) is 0 Å². The number of pyridine rings is 1. The third-order valence-electron chi connectivity index (χ3n) is 3.09. The van der Waals surface area contributed by atoms with Crippen LogP contribution >= 0.6 is 0 Å². The molecule has 5 N–H and O–H groups in total. The first-order valence-corrected chi connectivity index (χ1v) is 6.68. The van der Waals surface area contributed by atoms with Crippen LogP contribution < -0.4 is 11.1 Å². The van der Waals surface area contributed by atoms with Crippen LogP contribution in [0.25, 0.3) is 0 Å². The second kappa shape index (κ2) is 6.82. The third-order valence-corrected chi connectivity index (χ3v) is 3.09. The van der Waals surface area contributed by atoms with Crippen molar-refractivity contribution >= 4 is 11.6 Å². The average molecular weight is 299 g/mol. The number of nitrogens with one attached hydrogen (secondary N) is 1. The van der Waals surface area contributed by atoms with Crippen molar-refractivity contribution in [2.45, 2.75) is 45.0 Å². The van der Waals surface area contributed by atoms with E-state index in [1.807, 2.05) is 0 Å². The van der Waals surface area contributed by atoms with Crippen molar-refractivity contribution in [2.75, 3.05) is 11.9 Å². The van der Waals surface area contributed by atoms with E-state index in [0.29, 0.717) is 5.69 Å². The molecule has 0 aliphatic heterocycles. The number of carbonyl (C=O) groups excluding carboxylic acids is 1. The topological polar surface area (TPSA) is 108 Å². The Hall–Kier alpha value is -1.73. The van der Waals surface area contributed by atoms with E-state index in [1.165, 1.54) is 26.1 Å². The first-order chi connectivity index (χ1) is 9.66. The van der Waals surface area contributed by atoms with Crippen LogP contribution in [0.2, 0.25) is 0 Å². The number of nitrogens with zero attached hydrogens (tertiary/aromatic N) is 1. The van der Waals surface area contributed by atoms with Crippen molar-refractivity contribution in [3.05, 3.63) is 23.5 Å². The number of halogens is 1. The van der Waals surface area contributed by atoms with Gasteiger partial charge in [-0.1, -0.05) is 0 Å². The van der Waals surface area contributed by atoms with Crippen LogP contribution in [0.4, 0.5) is 10.1 Å². The van der Waals surface area contributed by atoms with Crippen LogP contribution in [-0.4, -0.2) is 45.5 Å². The molecule has 1 amide bonds. The highest BCUT2D eigenvalue weighted by molar-refractivity contribution is 5.99. The number of hydrogen-bond donors (Lipinski definition) is 4. The van der Waals surface area contributed by atoms with Crippen molar-refractivity contribution in [2.24, 2.45) is 5.73 Å². The van der Waals surface area contributed by atoms with Gasteiger partial charge in [-0.2, -0.15) is 0 Å². The Morgan fingerprint density at radius 2 is 2.19 bits per heavy atom.